The lowest BCUT2D eigenvalue weighted by Crippen LogP contribution is -2.05. The van der Waals surface area contributed by atoms with E-state index in [1.165, 1.54) is 0 Å². The van der Waals surface area contributed by atoms with Crippen LogP contribution in [0.3, 0.4) is 0 Å². The van der Waals surface area contributed by atoms with Crippen LogP contribution in [-0.2, 0) is 17.8 Å². The van der Waals surface area contributed by atoms with Crippen molar-refractivity contribution >= 4 is 5.97 Å². The first-order valence-electron chi connectivity index (χ1n) is 8.52. The summed E-state index contributed by atoms with van der Waals surface area (Å²) < 4.78 is 16.0. The Hall–Kier alpha value is -3.15. The summed E-state index contributed by atoms with van der Waals surface area (Å²) in [6.45, 7) is 4.42. The fourth-order valence-corrected chi connectivity index (χ4v) is 2.44. The van der Waals surface area contributed by atoms with Gasteiger partial charge in [-0.3, -0.25) is 0 Å². The molecule has 0 saturated carbocycles. The van der Waals surface area contributed by atoms with E-state index in [1.54, 1.807) is 12.1 Å². The van der Waals surface area contributed by atoms with Gasteiger partial charge in [-0.25, -0.2) is 4.79 Å². The van der Waals surface area contributed by atoms with Gasteiger partial charge in [0.1, 0.15) is 5.75 Å². The average molecular weight is 352 g/mol. The first-order valence-corrected chi connectivity index (χ1v) is 8.52. The van der Waals surface area contributed by atoms with E-state index in [0.29, 0.717) is 23.7 Å². The number of aromatic nitrogens is 2. The highest BCUT2D eigenvalue weighted by Crippen LogP contribution is 2.27. The van der Waals surface area contributed by atoms with Crippen molar-refractivity contribution in [2.45, 2.75) is 26.9 Å². The van der Waals surface area contributed by atoms with E-state index >= 15 is 0 Å². The van der Waals surface area contributed by atoms with Crippen LogP contribution >= 0.6 is 0 Å². The fraction of sp³-hybridized carbons (Fsp3) is 0.250. The van der Waals surface area contributed by atoms with Crippen molar-refractivity contribution in [3.63, 3.8) is 0 Å². The van der Waals surface area contributed by atoms with Crippen molar-refractivity contribution in [1.82, 2.24) is 10.1 Å². The zero-order valence-corrected chi connectivity index (χ0v) is 14.8. The summed E-state index contributed by atoms with van der Waals surface area (Å²) in [4.78, 5) is 16.4. The largest absolute Gasteiger partial charge is 0.493 e. The Balaban J connectivity index is 1.66. The second-order valence-electron chi connectivity index (χ2n) is 5.57. The second kappa shape index (κ2) is 8.29. The number of para-hydroxylation sites is 1. The summed E-state index contributed by atoms with van der Waals surface area (Å²) in [6.07, 6.45) is 0.920. The molecule has 0 aliphatic carbocycles. The number of hydrogen-bond donors (Lipinski definition) is 0. The van der Waals surface area contributed by atoms with Gasteiger partial charge in [0.15, 0.2) is 6.61 Å². The Morgan fingerprint density at radius 1 is 1.08 bits per heavy atom. The Labute approximate surface area is 151 Å². The molecule has 0 saturated heterocycles. The van der Waals surface area contributed by atoms with E-state index < -0.39 is 5.97 Å². The van der Waals surface area contributed by atoms with Crippen molar-refractivity contribution in [3.05, 3.63) is 65.5 Å². The number of aryl methyl sites for hydroxylation is 1. The van der Waals surface area contributed by atoms with Gasteiger partial charge in [0.25, 0.3) is 5.89 Å². The molecule has 0 spiro atoms. The van der Waals surface area contributed by atoms with Crippen molar-refractivity contribution in [2.75, 3.05) is 6.61 Å². The number of nitrogens with zero attached hydrogens (tertiary/aromatic N) is 2. The van der Waals surface area contributed by atoms with Gasteiger partial charge in [0.05, 0.1) is 17.7 Å². The summed E-state index contributed by atoms with van der Waals surface area (Å²) >= 11 is 0. The molecule has 0 radical (unpaired) electrons. The minimum atomic E-state index is -0.429. The standard InChI is InChI=1S/C20H20N2O4/c1-3-14-9-11-15(12-10-14)20(23)25-13-18-21-19(22-26-18)16-7-5-6-8-17(16)24-4-2/h5-12H,3-4,13H2,1-2H3. The highest BCUT2D eigenvalue weighted by atomic mass is 16.6. The number of carbonyl (C=O) groups is 1. The molecule has 6 heteroatoms. The Kier molecular flexibility index (Phi) is 5.63. The van der Waals surface area contributed by atoms with E-state index in [2.05, 4.69) is 17.1 Å². The molecule has 0 atom stereocenters. The first kappa shape index (κ1) is 17.7. The van der Waals surface area contributed by atoms with Crippen LogP contribution < -0.4 is 4.74 Å². The smallest absolute Gasteiger partial charge is 0.338 e. The van der Waals surface area contributed by atoms with Gasteiger partial charge < -0.3 is 14.0 Å². The van der Waals surface area contributed by atoms with Crippen LogP contribution in [0, 0.1) is 0 Å². The number of hydrogen-bond acceptors (Lipinski definition) is 6. The van der Waals surface area contributed by atoms with Crippen LogP contribution in [0.4, 0.5) is 0 Å². The molecule has 26 heavy (non-hydrogen) atoms. The summed E-state index contributed by atoms with van der Waals surface area (Å²) in [5.74, 6) is 0.870. The molecule has 3 rings (SSSR count). The fourth-order valence-electron chi connectivity index (χ4n) is 2.44. The van der Waals surface area contributed by atoms with E-state index in [4.69, 9.17) is 14.0 Å². The predicted octanol–water partition coefficient (Wildman–Crippen LogP) is 4.05. The lowest BCUT2D eigenvalue weighted by molar-refractivity contribution is 0.0430. The summed E-state index contributed by atoms with van der Waals surface area (Å²) in [6, 6.07) is 14.8. The average Bonchev–Trinajstić information content (AvgIpc) is 3.16. The van der Waals surface area contributed by atoms with E-state index in [0.717, 1.165) is 17.5 Å². The Morgan fingerprint density at radius 2 is 1.85 bits per heavy atom. The maximum atomic E-state index is 12.1. The van der Waals surface area contributed by atoms with Crippen molar-refractivity contribution in [2.24, 2.45) is 0 Å². The van der Waals surface area contributed by atoms with E-state index in [1.807, 2.05) is 43.3 Å². The normalized spacial score (nSPS) is 10.5. The van der Waals surface area contributed by atoms with Crippen LogP contribution in [0.2, 0.25) is 0 Å². The summed E-state index contributed by atoms with van der Waals surface area (Å²) in [5, 5.41) is 3.95. The zero-order chi connectivity index (χ0) is 18.4. The number of carbonyl (C=O) groups excluding carboxylic acids is 1. The number of esters is 1. The monoisotopic (exact) mass is 352 g/mol. The molecule has 0 amide bonds. The van der Waals surface area contributed by atoms with Crippen LogP contribution in [0.15, 0.2) is 53.1 Å². The molecule has 0 aliphatic rings. The molecule has 0 fully saturated rings. The maximum Gasteiger partial charge on any atom is 0.338 e. The molecule has 3 aromatic rings. The van der Waals surface area contributed by atoms with Crippen LogP contribution in [0.25, 0.3) is 11.4 Å². The molecule has 0 unspecified atom stereocenters. The highest BCUT2D eigenvalue weighted by Gasteiger charge is 2.15. The highest BCUT2D eigenvalue weighted by molar-refractivity contribution is 5.89. The third kappa shape index (κ3) is 4.08. The molecule has 0 bridgehead atoms. The molecule has 0 aliphatic heterocycles. The zero-order valence-electron chi connectivity index (χ0n) is 14.8. The lowest BCUT2D eigenvalue weighted by atomic mass is 10.1. The van der Waals surface area contributed by atoms with E-state index in [9.17, 15) is 4.79 Å². The molecule has 1 aromatic heterocycles. The van der Waals surface area contributed by atoms with Gasteiger partial charge in [-0.15, -0.1) is 0 Å². The molecular formula is C20H20N2O4. The second-order valence-corrected chi connectivity index (χ2v) is 5.57. The molecule has 6 nitrogen and oxygen atoms in total. The van der Waals surface area contributed by atoms with Crippen molar-refractivity contribution in [1.29, 1.82) is 0 Å². The SMILES string of the molecule is CCOc1ccccc1-c1noc(COC(=O)c2ccc(CC)cc2)n1. The topological polar surface area (TPSA) is 74.5 Å². The molecule has 0 N–H and O–H groups in total. The van der Waals surface area contributed by atoms with Crippen LogP contribution in [-0.4, -0.2) is 22.7 Å². The van der Waals surface area contributed by atoms with Gasteiger partial charge in [-0.1, -0.05) is 36.3 Å². The molecule has 134 valence electrons. The molecule has 2 aromatic carbocycles. The minimum Gasteiger partial charge on any atom is -0.493 e. The van der Waals surface area contributed by atoms with Crippen molar-refractivity contribution in [3.8, 4) is 17.1 Å². The predicted molar refractivity (Wildman–Crippen MR) is 95.8 cm³/mol. The third-order valence-corrected chi connectivity index (χ3v) is 3.82. The Morgan fingerprint density at radius 3 is 2.58 bits per heavy atom. The molecular weight excluding hydrogens is 332 g/mol. The third-order valence-electron chi connectivity index (χ3n) is 3.82. The summed E-state index contributed by atoms with van der Waals surface area (Å²) in [5.41, 5.74) is 2.38. The van der Waals surface area contributed by atoms with E-state index in [-0.39, 0.29) is 12.5 Å². The minimum absolute atomic E-state index is 0.0852. The quantitative estimate of drug-likeness (QED) is 0.597. The summed E-state index contributed by atoms with van der Waals surface area (Å²) in [7, 11) is 0. The van der Waals surface area contributed by atoms with Gasteiger partial charge in [-0.2, -0.15) is 4.98 Å². The number of rotatable bonds is 7. The van der Waals surface area contributed by atoms with Crippen molar-refractivity contribution < 1.29 is 18.8 Å². The van der Waals surface area contributed by atoms with Gasteiger partial charge in [0.2, 0.25) is 5.82 Å². The first-order chi connectivity index (χ1) is 12.7. The van der Waals surface area contributed by atoms with Crippen LogP contribution in [0.1, 0.15) is 35.7 Å². The number of benzene rings is 2. The van der Waals surface area contributed by atoms with Gasteiger partial charge in [0, 0.05) is 0 Å². The van der Waals surface area contributed by atoms with Crippen LogP contribution in [0.5, 0.6) is 5.75 Å². The maximum absolute atomic E-state index is 12.1. The lowest BCUT2D eigenvalue weighted by Gasteiger charge is -2.06. The van der Waals surface area contributed by atoms with Gasteiger partial charge in [-0.05, 0) is 43.2 Å². The van der Waals surface area contributed by atoms with Gasteiger partial charge >= 0.3 is 5.97 Å². The number of ether oxygens (including phenoxy) is 2. The molecule has 1 heterocycles. The Bertz CT molecular complexity index is 872.